The summed E-state index contributed by atoms with van der Waals surface area (Å²) in [5, 5.41) is 8.93. The van der Waals surface area contributed by atoms with Crippen molar-refractivity contribution in [2.75, 3.05) is 0 Å². The normalized spacial score (nSPS) is 15.4. The van der Waals surface area contributed by atoms with E-state index in [1.165, 1.54) is 6.08 Å². The Morgan fingerprint density at radius 2 is 2.15 bits per heavy atom. The second kappa shape index (κ2) is 5.05. The molecule has 0 amide bonds. The molecule has 0 radical (unpaired) electrons. The van der Waals surface area contributed by atoms with E-state index in [0.717, 1.165) is 12.8 Å². The predicted molar refractivity (Wildman–Crippen MR) is 54.6 cm³/mol. The van der Waals surface area contributed by atoms with Crippen LogP contribution in [0.3, 0.4) is 0 Å². The average Bonchev–Trinajstić information content (AvgIpc) is 2.03. The number of aliphatic carboxylic acids is 1. The van der Waals surface area contributed by atoms with E-state index in [2.05, 4.69) is 20.4 Å². The molecule has 13 heavy (non-hydrogen) atoms. The minimum atomic E-state index is -0.772. The SMILES string of the molecule is C=CC(C)(CCCC(C)C)C(=O)O. The first-order valence-corrected chi connectivity index (χ1v) is 4.79. The summed E-state index contributed by atoms with van der Waals surface area (Å²) >= 11 is 0. The second-order valence-electron chi connectivity index (χ2n) is 4.21. The molecule has 0 aliphatic rings. The van der Waals surface area contributed by atoms with Gasteiger partial charge in [0.25, 0.3) is 0 Å². The summed E-state index contributed by atoms with van der Waals surface area (Å²) < 4.78 is 0. The zero-order valence-electron chi connectivity index (χ0n) is 8.84. The summed E-state index contributed by atoms with van der Waals surface area (Å²) in [5.41, 5.74) is -0.741. The molecule has 1 unspecified atom stereocenters. The maximum atomic E-state index is 10.9. The van der Waals surface area contributed by atoms with Crippen LogP contribution in [-0.4, -0.2) is 11.1 Å². The second-order valence-corrected chi connectivity index (χ2v) is 4.21. The molecule has 0 heterocycles. The number of hydrogen-bond donors (Lipinski definition) is 1. The van der Waals surface area contributed by atoms with Gasteiger partial charge < -0.3 is 5.11 Å². The molecule has 0 aromatic rings. The fourth-order valence-corrected chi connectivity index (χ4v) is 1.17. The van der Waals surface area contributed by atoms with Gasteiger partial charge in [0, 0.05) is 0 Å². The summed E-state index contributed by atoms with van der Waals surface area (Å²) in [5.74, 6) is -0.130. The van der Waals surface area contributed by atoms with Gasteiger partial charge in [-0.2, -0.15) is 0 Å². The number of carboxylic acid groups (broad SMARTS) is 1. The van der Waals surface area contributed by atoms with Crippen molar-refractivity contribution >= 4 is 5.97 Å². The van der Waals surface area contributed by atoms with Gasteiger partial charge in [0.1, 0.15) is 0 Å². The van der Waals surface area contributed by atoms with Crippen LogP contribution in [0.4, 0.5) is 0 Å². The van der Waals surface area contributed by atoms with Crippen LogP contribution in [0.2, 0.25) is 0 Å². The van der Waals surface area contributed by atoms with Crippen LogP contribution in [0, 0.1) is 11.3 Å². The Bertz CT molecular complexity index is 185. The lowest BCUT2D eigenvalue weighted by atomic mass is 9.84. The molecule has 0 saturated heterocycles. The molecular weight excluding hydrogens is 164 g/mol. The Balaban J connectivity index is 3.99. The first-order chi connectivity index (χ1) is 5.92. The van der Waals surface area contributed by atoms with Crippen LogP contribution in [-0.2, 0) is 4.79 Å². The highest BCUT2D eigenvalue weighted by Crippen LogP contribution is 2.26. The Hall–Kier alpha value is -0.790. The van der Waals surface area contributed by atoms with Gasteiger partial charge in [0.2, 0.25) is 0 Å². The van der Waals surface area contributed by atoms with Crippen molar-refractivity contribution in [2.24, 2.45) is 11.3 Å². The van der Waals surface area contributed by atoms with Crippen molar-refractivity contribution < 1.29 is 9.90 Å². The highest BCUT2D eigenvalue weighted by Gasteiger charge is 2.28. The van der Waals surface area contributed by atoms with Crippen LogP contribution < -0.4 is 0 Å². The van der Waals surface area contributed by atoms with Crippen LogP contribution in [0.5, 0.6) is 0 Å². The smallest absolute Gasteiger partial charge is 0.313 e. The maximum Gasteiger partial charge on any atom is 0.313 e. The first-order valence-electron chi connectivity index (χ1n) is 4.79. The molecule has 0 aromatic heterocycles. The molecular formula is C11H20O2. The van der Waals surface area contributed by atoms with E-state index in [-0.39, 0.29) is 0 Å². The highest BCUT2D eigenvalue weighted by molar-refractivity contribution is 5.76. The third-order valence-corrected chi connectivity index (χ3v) is 2.42. The highest BCUT2D eigenvalue weighted by atomic mass is 16.4. The Kier molecular flexibility index (Phi) is 4.74. The third-order valence-electron chi connectivity index (χ3n) is 2.42. The van der Waals surface area contributed by atoms with E-state index in [0.29, 0.717) is 12.3 Å². The number of hydrogen-bond acceptors (Lipinski definition) is 1. The molecule has 0 aliphatic carbocycles. The fourth-order valence-electron chi connectivity index (χ4n) is 1.17. The van der Waals surface area contributed by atoms with E-state index < -0.39 is 11.4 Å². The van der Waals surface area contributed by atoms with Crippen LogP contribution in [0.15, 0.2) is 12.7 Å². The molecule has 0 bridgehead atoms. The molecule has 1 N–H and O–H groups in total. The molecule has 2 nitrogen and oxygen atoms in total. The van der Waals surface area contributed by atoms with Crippen molar-refractivity contribution in [1.82, 2.24) is 0 Å². The first kappa shape index (κ1) is 12.2. The van der Waals surface area contributed by atoms with Gasteiger partial charge in [-0.05, 0) is 19.3 Å². The van der Waals surface area contributed by atoms with Crippen molar-refractivity contribution in [3.8, 4) is 0 Å². The van der Waals surface area contributed by atoms with Crippen LogP contribution in [0.1, 0.15) is 40.0 Å². The number of rotatable bonds is 6. The molecule has 0 saturated carbocycles. The van der Waals surface area contributed by atoms with Gasteiger partial charge in [-0.3, -0.25) is 4.79 Å². The van der Waals surface area contributed by atoms with Gasteiger partial charge in [0.05, 0.1) is 5.41 Å². The summed E-state index contributed by atoms with van der Waals surface area (Å²) in [4.78, 5) is 10.9. The molecule has 0 aromatic carbocycles. The molecule has 0 rings (SSSR count). The van der Waals surface area contributed by atoms with Gasteiger partial charge >= 0.3 is 5.97 Å². The lowest BCUT2D eigenvalue weighted by Gasteiger charge is -2.20. The summed E-state index contributed by atoms with van der Waals surface area (Å²) in [6.45, 7) is 9.59. The fraction of sp³-hybridized carbons (Fsp3) is 0.727. The monoisotopic (exact) mass is 184 g/mol. The molecule has 2 heteroatoms. The van der Waals surface area contributed by atoms with E-state index in [4.69, 9.17) is 5.11 Å². The van der Waals surface area contributed by atoms with E-state index in [9.17, 15) is 4.79 Å². The van der Waals surface area contributed by atoms with Crippen molar-refractivity contribution in [3.63, 3.8) is 0 Å². The number of carbonyl (C=O) groups is 1. The summed E-state index contributed by atoms with van der Waals surface area (Å²) in [6, 6.07) is 0. The Morgan fingerprint density at radius 1 is 1.62 bits per heavy atom. The van der Waals surface area contributed by atoms with E-state index in [1.807, 2.05) is 0 Å². The standard InChI is InChI=1S/C11H20O2/c1-5-11(4,10(12)13)8-6-7-9(2)3/h5,9H,1,6-8H2,2-4H3,(H,12,13). The quantitative estimate of drug-likeness (QED) is 0.644. The Labute approximate surface area is 80.7 Å². The van der Waals surface area contributed by atoms with Crippen LogP contribution >= 0.6 is 0 Å². The summed E-state index contributed by atoms with van der Waals surface area (Å²) in [7, 11) is 0. The molecule has 1 atom stereocenters. The van der Waals surface area contributed by atoms with Gasteiger partial charge in [-0.25, -0.2) is 0 Å². The summed E-state index contributed by atoms with van der Waals surface area (Å²) in [6.07, 6.45) is 4.25. The van der Waals surface area contributed by atoms with Crippen LogP contribution in [0.25, 0.3) is 0 Å². The maximum absolute atomic E-state index is 10.9. The van der Waals surface area contributed by atoms with Gasteiger partial charge in [-0.1, -0.05) is 32.8 Å². The molecule has 76 valence electrons. The zero-order chi connectivity index (χ0) is 10.5. The lowest BCUT2D eigenvalue weighted by Crippen LogP contribution is -2.24. The predicted octanol–water partition coefficient (Wildman–Crippen LogP) is 3.09. The number of carboxylic acids is 1. The van der Waals surface area contributed by atoms with Crippen molar-refractivity contribution in [3.05, 3.63) is 12.7 Å². The Morgan fingerprint density at radius 3 is 2.46 bits per heavy atom. The van der Waals surface area contributed by atoms with E-state index in [1.54, 1.807) is 6.92 Å². The minimum Gasteiger partial charge on any atom is -0.481 e. The third kappa shape index (κ3) is 4.11. The molecule has 0 spiro atoms. The largest absolute Gasteiger partial charge is 0.481 e. The van der Waals surface area contributed by atoms with Crippen molar-refractivity contribution in [2.45, 2.75) is 40.0 Å². The van der Waals surface area contributed by atoms with Gasteiger partial charge in [-0.15, -0.1) is 6.58 Å². The topological polar surface area (TPSA) is 37.3 Å². The molecule has 0 fully saturated rings. The minimum absolute atomic E-state index is 0.642. The lowest BCUT2D eigenvalue weighted by molar-refractivity contribution is -0.145. The van der Waals surface area contributed by atoms with Gasteiger partial charge in [0.15, 0.2) is 0 Å². The van der Waals surface area contributed by atoms with E-state index >= 15 is 0 Å². The zero-order valence-corrected chi connectivity index (χ0v) is 8.84. The average molecular weight is 184 g/mol. The molecule has 0 aliphatic heterocycles. The van der Waals surface area contributed by atoms with Crippen molar-refractivity contribution in [1.29, 1.82) is 0 Å².